The Bertz CT molecular complexity index is 438. The number of hydrogen-bond donors (Lipinski definition) is 0. The Kier molecular flexibility index (Phi) is 2.92. The fraction of sp³-hybridized carbons (Fsp3) is 0.357. The van der Waals surface area contributed by atoms with Crippen LogP contribution in [0, 0.1) is 0 Å². The molecule has 0 amide bonds. The molecule has 2 rings (SSSR count). The summed E-state index contributed by atoms with van der Waals surface area (Å²) in [5.41, 5.74) is 1.35. The van der Waals surface area contributed by atoms with Crippen molar-refractivity contribution in [3.63, 3.8) is 0 Å². The van der Waals surface area contributed by atoms with Crippen molar-refractivity contribution < 1.29 is 14.3 Å². The molecule has 1 heterocycles. The van der Waals surface area contributed by atoms with E-state index in [1.165, 1.54) is 11.8 Å². The van der Waals surface area contributed by atoms with Crippen LogP contribution in [0.5, 0.6) is 5.75 Å². The SMILES string of the molecule is CC(C)(C)c1ccc(OC2C=COC2=O)cc1. The standard InChI is InChI=1S/C14H16O3/c1-14(2,3)10-4-6-11(7-5-10)17-12-8-9-16-13(12)15/h4-9,12H,1-3H3. The van der Waals surface area contributed by atoms with Gasteiger partial charge in [0.15, 0.2) is 0 Å². The first kappa shape index (κ1) is 11.7. The summed E-state index contributed by atoms with van der Waals surface area (Å²) in [4.78, 5) is 11.2. The van der Waals surface area contributed by atoms with Gasteiger partial charge in [0, 0.05) is 6.08 Å². The van der Waals surface area contributed by atoms with E-state index >= 15 is 0 Å². The number of cyclic esters (lactones) is 1. The molecule has 0 saturated carbocycles. The zero-order valence-electron chi connectivity index (χ0n) is 10.3. The molecular weight excluding hydrogens is 216 g/mol. The van der Waals surface area contributed by atoms with Crippen molar-refractivity contribution in [3.05, 3.63) is 42.2 Å². The van der Waals surface area contributed by atoms with Gasteiger partial charge in [-0.1, -0.05) is 32.9 Å². The normalized spacial score (nSPS) is 19.2. The molecule has 1 atom stereocenters. The molecule has 1 aromatic rings. The number of carbonyl (C=O) groups excluding carboxylic acids is 1. The highest BCUT2D eigenvalue weighted by molar-refractivity contribution is 5.80. The highest BCUT2D eigenvalue weighted by Crippen LogP contribution is 2.25. The second kappa shape index (κ2) is 4.24. The van der Waals surface area contributed by atoms with Crippen molar-refractivity contribution in [2.45, 2.75) is 32.3 Å². The highest BCUT2D eigenvalue weighted by Gasteiger charge is 2.23. The summed E-state index contributed by atoms with van der Waals surface area (Å²) in [7, 11) is 0. The number of esters is 1. The minimum Gasteiger partial charge on any atom is -0.474 e. The summed E-state index contributed by atoms with van der Waals surface area (Å²) in [5.74, 6) is 0.302. The van der Waals surface area contributed by atoms with Crippen molar-refractivity contribution in [3.8, 4) is 5.75 Å². The van der Waals surface area contributed by atoms with Gasteiger partial charge in [0.05, 0.1) is 6.26 Å². The molecule has 0 radical (unpaired) electrons. The molecule has 0 aromatic heterocycles. The molecule has 0 spiro atoms. The monoisotopic (exact) mass is 232 g/mol. The summed E-state index contributed by atoms with van der Waals surface area (Å²) >= 11 is 0. The van der Waals surface area contributed by atoms with Crippen LogP contribution in [-0.4, -0.2) is 12.1 Å². The van der Waals surface area contributed by atoms with Gasteiger partial charge >= 0.3 is 5.97 Å². The minimum absolute atomic E-state index is 0.116. The van der Waals surface area contributed by atoms with Gasteiger partial charge in [0.1, 0.15) is 5.75 Å². The van der Waals surface area contributed by atoms with E-state index in [9.17, 15) is 4.79 Å². The van der Waals surface area contributed by atoms with Crippen LogP contribution >= 0.6 is 0 Å². The molecular formula is C14H16O3. The van der Waals surface area contributed by atoms with Crippen LogP contribution in [0.3, 0.4) is 0 Å². The van der Waals surface area contributed by atoms with Gasteiger partial charge in [-0.05, 0) is 23.1 Å². The van der Waals surface area contributed by atoms with E-state index in [1.54, 1.807) is 6.08 Å². The molecule has 3 nitrogen and oxygen atoms in total. The Morgan fingerprint density at radius 1 is 1.18 bits per heavy atom. The lowest BCUT2D eigenvalue weighted by atomic mass is 9.87. The van der Waals surface area contributed by atoms with Crippen LogP contribution in [0.25, 0.3) is 0 Å². The fourth-order valence-electron chi connectivity index (χ4n) is 1.59. The van der Waals surface area contributed by atoms with E-state index in [2.05, 4.69) is 25.5 Å². The second-order valence-corrected chi connectivity index (χ2v) is 5.08. The molecule has 3 heteroatoms. The van der Waals surface area contributed by atoms with Crippen molar-refractivity contribution in [1.82, 2.24) is 0 Å². The van der Waals surface area contributed by atoms with Gasteiger partial charge in [-0.25, -0.2) is 4.79 Å². The molecule has 0 aliphatic carbocycles. The van der Waals surface area contributed by atoms with E-state index in [-0.39, 0.29) is 11.4 Å². The van der Waals surface area contributed by atoms with Crippen LogP contribution in [0.1, 0.15) is 26.3 Å². The topological polar surface area (TPSA) is 35.5 Å². The maximum Gasteiger partial charge on any atom is 0.356 e. The molecule has 0 saturated heterocycles. The van der Waals surface area contributed by atoms with E-state index in [4.69, 9.17) is 4.74 Å². The van der Waals surface area contributed by atoms with Crippen molar-refractivity contribution in [2.75, 3.05) is 0 Å². The smallest absolute Gasteiger partial charge is 0.356 e. The van der Waals surface area contributed by atoms with Crippen LogP contribution in [0.2, 0.25) is 0 Å². The van der Waals surface area contributed by atoms with Gasteiger partial charge in [-0.2, -0.15) is 0 Å². The van der Waals surface area contributed by atoms with E-state index in [0.29, 0.717) is 5.75 Å². The number of rotatable bonds is 2. The first-order valence-electron chi connectivity index (χ1n) is 5.61. The largest absolute Gasteiger partial charge is 0.474 e. The lowest BCUT2D eigenvalue weighted by molar-refractivity contribution is -0.141. The third-order valence-electron chi connectivity index (χ3n) is 2.65. The summed E-state index contributed by atoms with van der Waals surface area (Å²) in [6.07, 6.45) is 2.34. The first-order chi connectivity index (χ1) is 7.97. The Balaban J connectivity index is 2.08. The van der Waals surface area contributed by atoms with Gasteiger partial charge in [0.2, 0.25) is 6.10 Å². The molecule has 1 aromatic carbocycles. The van der Waals surface area contributed by atoms with Crippen LogP contribution in [0.4, 0.5) is 0 Å². The molecule has 1 aliphatic rings. The van der Waals surface area contributed by atoms with E-state index < -0.39 is 6.10 Å². The van der Waals surface area contributed by atoms with Crippen molar-refractivity contribution in [1.29, 1.82) is 0 Å². The minimum atomic E-state index is -0.615. The van der Waals surface area contributed by atoms with E-state index in [1.807, 2.05) is 24.3 Å². The predicted molar refractivity (Wildman–Crippen MR) is 64.8 cm³/mol. The molecule has 1 unspecified atom stereocenters. The van der Waals surface area contributed by atoms with Gasteiger partial charge in [-0.3, -0.25) is 0 Å². The van der Waals surface area contributed by atoms with Crippen molar-refractivity contribution >= 4 is 5.97 Å². The lowest BCUT2D eigenvalue weighted by Gasteiger charge is -2.19. The summed E-state index contributed by atoms with van der Waals surface area (Å²) in [6, 6.07) is 7.78. The molecule has 0 bridgehead atoms. The van der Waals surface area contributed by atoms with Crippen molar-refractivity contribution in [2.24, 2.45) is 0 Å². The zero-order chi connectivity index (χ0) is 12.5. The average molecular weight is 232 g/mol. The first-order valence-corrected chi connectivity index (χ1v) is 5.61. The number of hydrogen-bond acceptors (Lipinski definition) is 3. The maximum atomic E-state index is 11.2. The third-order valence-corrected chi connectivity index (χ3v) is 2.65. The van der Waals surface area contributed by atoms with Crippen LogP contribution in [-0.2, 0) is 14.9 Å². The zero-order valence-corrected chi connectivity index (χ0v) is 10.3. The summed E-state index contributed by atoms with van der Waals surface area (Å²) < 4.78 is 10.2. The quantitative estimate of drug-likeness (QED) is 0.735. The Morgan fingerprint density at radius 3 is 2.29 bits per heavy atom. The number of carbonyl (C=O) groups is 1. The maximum absolute atomic E-state index is 11.2. The number of benzene rings is 1. The summed E-state index contributed by atoms with van der Waals surface area (Å²) in [5, 5.41) is 0. The Morgan fingerprint density at radius 2 is 1.82 bits per heavy atom. The highest BCUT2D eigenvalue weighted by atomic mass is 16.6. The van der Waals surface area contributed by atoms with Gasteiger partial charge in [0.25, 0.3) is 0 Å². The Hall–Kier alpha value is -1.77. The molecule has 0 fully saturated rings. The van der Waals surface area contributed by atoms with Gasteiger partial charge < -0.3 is 9.47 Å². The van der Waals surface area contributed by atoms with Crippen LogP contribution in [0.15, 0.2) is 36.6 Å². The molecule has 17 heavy (non-hydrogen) atoms. The summed E-state index contributed by atoms with van der Waals surface area (Å²) in [6.45, 7) is 6.46. The average Bonchev–Trinajstić information content (AvgIpc) is 2.64. The van der Waals surface area contributed by atoms with Crippen LogP contribution < -0.4 is 4.74 Å². The Labute approximate surface area is 101 Å². The number of ether oxygens (including phenoxy) is 2. The van der Waals surface area contributed by atoms with Gasteiger partial charge in [-0.15, -0.1) is 0 Å². The molecule has 0 N–H and O–H groups in total. The molecule has 90 valence electrons. The lowest BCUT2D eigenvalue weighted by Crippen LogP contribution is -2.21. The third kappa shape index (κ3) is 2.67. The fourth-order valence-corrected chi connectivity index (χ4v) is 1.59. The predicted octanol–water partition coefficient (Wildman–Crippen LogP) is 2.80. The second-order valence-electron chi connectivity index (χ2n) is 5.08. The van der Waals surface area contributed by atoms with E-state index in [0.717, 1.165) is 0 Å². The molecule has 1 aliphatic heterocycles.